The molecule has 0 bridgehead atoms. The molecule has 0 unspecified atom stereocenters. The fourth-order valence-electron chi connectivity index (χ4n) is 2.04. The Kier molecular flexibility index (Phi) is 5.70. The first-order valence-electron chi connectivity index (χ1n) is 6.92. The molecule has 0 amide bonds. The Morgan fingerprint density at radius 2 is 1.45 bits per heavy atom. The van der Waals surface area contributed by atoms with E-state index < -0.39 is 0 Å². The van der Waals surface area contributed by atoms with Crippen molar-refractivity contribution in [2.75, 3.05) is 0 Å². The Hall–Kier alpha value is -1.24. The maximum atomic E-state index is 6.34. The molecule has 104 valence electrons. The number of benzene rings is 2. The first kappa shape index (κ1) is 15.2. The van der Waals surface area contributed by atoms with Crippen molar-refractivity contribution in [2.45, 2.75) is 26.2 Å². The van der Waals surface area contributed by atoms with Crippen LogP contribution >= 0.6 is 23.2 Å². The summed E-state index contributed by atoms with van der Waals surface area (Å²) in [6, 6.07) is 18.5. The van der Waals surface area contributed by atoms with Crippen molar-refractivity contribution >= 4 is 28.2 Å². The van der Waals surface area contributed by atoms with Crippen molar-refractivity contribution in [3.8, 4) is 11.1 Å². The fraction of sp³-hybridized carbons (Fsp3) is 0.222. The third kappa shape index (κ3) is 3.88. The fourth-order valence-corrected chi connectivity index (χ4v) is 2.50. The van der Waals surface area contributed by atoms with Crippen LogP contribution in [0.5, 0.6) is 0 Å². The first-order valence-corrected chi connectivity index (χ1v) is 7.68. The summed E-state index contributed by atoms with van der Waals surface area (Å²) in [5, 5.41) is 1.42. The van der Waals surface area contributed by atoms with Gasteiger partial charge in [-0.05, 0) is 29.5 Å². The molecule has 0 aliphatic rings. The average molecular weight is 305 g/mol. The van der Waals surface area contributed by atoms with Gasteiger partial charge in [-0.2, -0.15) is 0 Å². The van der Waals surface area contributed by atoms with Gasteiger partial charge in [0.15, 0.2) is 0 Å². The molecule has 0 N–H and O–H groups in total. The van der Waals surface area contributed by atoms with E-state index in [1.54, 1.807) is 0 Å². The Labute approximate surface area is 131 Å². The molecule has 0 aliphatic heterocycles. The van der Waals surface area contributed by atoms with Crippen molar-refractivity contribution in [3.05, 3.63) is 65.2 Å². The summed E-state index contributed by atoms with van der Waals surface area (Å²) in [5.41, 5.74) is 3.37. The van der Waals surface area contributed by atoms with Crippen LogP contribution < -0.4 is 0 Å². The van der Waals surface area contributed by atoms with Gasteiger partial charge in [0.05, 0.1) is 5.03 Å². The van der Waals surface area contributed by atoms with E-state index in [4.69, 9.17) is 23.2 Å². The number of hydrogen-bond donors (Lipinski definition) is 0. The molecule has 0 saturated heterocycles. The van der Waals surface area contributed by atoms with Gasteiger partial charge in [0.1, 0.15) is 0 Å². The molecule has 0 aromatic heterocycles. The summed E-state index contributed by atoms with van der Waals surface area (Å²) in [6.07, 6.45) is 3.03. The lowest BCUT2D eigenvalue weighted by atomic mass is 10.0. The molecule has 0 aliphatic carbocycles. The van der Waals surface area contributed by atoms with Crippen LogP contribution in [0.15, 0.2) is 59.6 Å². The Bertz CT molecular complexity index is 568. The zero-order chi connectivity index (χ0) is 14.4. The molecule has 20 heavy (non-hydrogen) atoms. The number of allylic oxidation sites excluding steroid dienone is 1. The lowest BCUT2D eigenvalue weighted by Gasteiger charge is -2.06. The van der Waals surface area contributed by atoms with Gasteiger partial charge in [0.2, 0.25) is 0 Å². The molecule has 0 heterocycles. The second kappa shape index (κ2) is 7.52. The van der Waals surface area contributed by atoms with Crippen LogP contribution in [0.3, 0.4) is 0 Å². The van der Waals surface area contributed by atoms with Crippen molar-refractivity contribution in [2.24, 2.45) is 0 Å². The van der Waals surface area contributed by atoms with Gasteiger partial charge in [-0.25, -0.2) is 0 Å². The van der Waals surface area contributed by atoms with E-state index in [2.05, 4.69) is 31.2 Å². The number of unbranched alkanes of at least 4 members (excludes halogenated alkanes) is 1. The second-order valence-corrected chi connectivity index (χ2v) is 5.60. The zero-order valence-corrected chi connectivity index (χ0v) is 13.1. The van der Waals surface area contributed by atoms with E-state index in [0.29, 0.717) is 5.03 Å². The van der Waals surface area contributed by atoms with Crippen LogP contribution in [0.4, 0.5) is 0 Å². The minimum Gasteiger partial charge on any atom is -0.0875 e. The van der Waals surface area contributed by atoms with Crippen molar-refractivity contribution in [1.82, 2.24) is 0 Å². The predicted molar refractivity (Wildman–Crippen MR) is 90.0 cm³/mol. The average Bonchev–Trinajstić information content (AvgIpc) is 2.53. The van der Waals surface area contributed by atoms with Crippen molar-refractivity contribution in [3.63, 3.8) is 0 Å². The maximum Gasteiger partial charge on any atom is 0.0623 e. The highest BCUT2D eigenvalue weighted by molar-refractivity contribution is 6.54. The van der Waals surface area contributed by atoms with Crippen LogP contribution in [0.1, 0.15) is 31.7 Å². The van der Waals surface area contributed by atoms with Crippen LogP contribution in [0, 0.1) is 0 Å². The topological polar surface area (TPSA) is 0 Å². The molecular weight excluding hydrogens is 287 g/mol. The standard InChI is InChI=1S/C18H18Cl2/c1-2-3-9-17(19)18(20)16-12-10-15(11-13-16)14-7-5-4-6-8-14/h4-8,10-13H,2-3,9H2,1H3/b18-17+. The molecule has 0 radical (unpaired) electrons. The lowest BCUT2D eigenvalue weighted by Crippen LogP contribution is -1.84. The molecule has 2 aromatic carbocycles. The predicted octanol–water partition coefficient (Wildman–Crippen LogP) is 6.69. The van der Waals surface area contributed by atoms with E-state index in [0.717, 1.165) is 29.9 Å². The SMILES string of the molecule is CCCC/C(Cl)=C(\Cl)c1ccc(-c2ccccc2)cc1. The van der Waals surface area contributed by atoms with Crippen LogP contribution in [0.2, 0.25) is 0 Å². The molecule has 0 atom stereocenters. The number of halogens is 2. The van der Waals surface area contributed by atoms with E-state index in [1.165, 1.54) is 11.1 Å². The van der Waals surface area contributed by atoms with Crippen LogP contribution in [-0.4, -0.2) is 0 Å². The summed E-state index contributed by atoms with van der Waals surface area (Å²) in [5.74, 6) is 0. The second-order valence-electron chi connectivity index (χ2n) is 4.77. The van der Waals surface area contributed by atoms with E-state index in [-0.39, 0.29) is 0 Å². The molecule has 0 saturated carbocycles. The quantitative estimate of drug-likeness (QED) is 0.577. The smallest absolute Gasteiger partial charge is 0.0623 e. The summed E-state index contributed by atoms with van der Waals surface area (Å²) in [6.45, 7) is 2.15. The van der Waals surface area contributed by atoms with Gasteiger partial charge in [-0.3, -0.25) is 0 Å². The summed E-state index contributed by atoms with van der Waals surface area (Å²) < 4.78 is 0. The monoisotopic (exact) mass is 304 g/mol. The first-order chi connectivity index (χ1) is 9.72. The Balaban J connectivity index is 2.20. The van der Waals surface area contributed by atoms with E-state index in [9.17, 15) is 0 Å². The van der Waals surface area contributed by atoms with Gasteiger partial charge in [-0.1, -0.05) is 91.1 Å². The highest BCUT2D eigenvalue weighted by Crippen LogP contribution is 2.30. The molecule has 0 spiro atoms. The molecule has 2 heteroatoms. The Morgan fingerprint density at radius 1 is 0.850 bits per heavy atom. The van der Waals surface area contributed by atoms with Gasteiger partial charge in [0, 0.05) is 5.03 Å². The van der Waals surface area contributed by atoms with E-state index >= 15 is 0 Å². The van der Waals surface area contributed by atoms with E-state index in [1.807, 2.05) is 30.3 Å². The molecule has 2 rings (SSSR count). The van der Waals surface area contributed by atoms with Gasteiger partial charge in [-0.15, -0.1) is 0 Å². The lowest BCUT2D eigenvalue weighted by molar-refractivity contribution is 0.809. The highest BCUT2D eigenvalue weighted by Gasteiger charge is 2.05. The minimum absolute atomic E-state index is 0.666. The number of hydrogen-bond acceptors (Lipinski definition) is 0. The third-order valence-electron chi connectivity index (χ3n) is 3.23. The molecule has 2 aromatic rings. The molecule has 0 fully saturated rings. The van der Waals surface area contributed by atoms with Gasteiger partial charge >= 0.3 is 0 Å². The minimum atomic E-state index is 0.666. The third-order valence-corrected chi connectivity index (χ3v) is 4.15. The van der Waals surface area contributed by atoms with Gasteiger partial charge < -0.3 is 0 Å². The Morgan fingerprint density at radius 3 is 2.05 bits per heavy atom. The molecular formula is C18H18Cl2. The zero-order valence-electron chi connectivity index (χ0n) is 11.6. The van der Waals surface area contributed by atoms with Crippen LogP contribution in [-0.2, 0) is 0 Å². The largest absolute Gasteiger partial charge is 0.0875 e. The highest BCUT2D eigenvalue weighted by atomic mass is 35.5. The maximum absolute atomic E-state index is 6.34. The number of rotatable bonds is 5. The summed E-state index contributed by atoms with van der Waals surface area (Å²) in [7, 11) is 0. The van der Waals surface area contributed by atoms with Crippen LogP contribution in [0.25, 0.3) is 16.2 Å². The van der Waals surface area contributed by atoms with Gasteiger partial charge in [0.25, 0.3) is 0 Å². The van der Waals surface area contributed by atoms with Crippen molar-refractivity contribution < 1.29 is 0 Å². The summed E-state index contributed by atoms with van der Waals surface area (Å²) >= 11 is 12.6. The van der Waals surface area contributed by atoms with Crippen molar-refractivity contribution in [1.29, 1.82) is 0 Å². The normalized spacial score (nSPS) is 12.2. The molecule has 0 nitrogen and oxygen atoms in total. The summed E-state index contributed by atoms with van der Waals surface area (Å²) in [4.78, 5) is 0.